The molecule has 0 bridgehead atoms. The Morgan fingerprint density at radius 3 is 2.47 bits per heavy atom. The van der Waals surface area contributed by atoms with Gasteiger partial charge in [0.15, 0.2) is 4.90 Å². The van der Waals surface area contributed by atoms with Crippen molar-refractivity contribution in [1.29, 1.82) is 0 Å². The van der Waals surface area contributed by atoms with Crippen molar-refractivity contribution in [1.82, 2.24) is 0 Å². The first-order chi connectivity index (χ1) is 9.02. The molecule has 19 heavy (non-hydrogen) atoms. The fourth-order valence-corrected chi connectivity index (χ4v) is 4.00. The Bertz CT molecular complexity index is 356. The highest BCUT2D eigenvalue weighted by molar-refractivity contribution is 9.10. The lowest BCUT2D eigenvalue weighted by atomic mass is 9.99. The number of alkyl halides is 1. The van der Waals surface area contributed by atoms with Crippen molar-refractivity contribution >= 4 is 38.7 Å². The molecule has 0 aliphatic carbocycles. The largest absolute Gasteiger partial charge is 0.611 e. The standard InChI is InChI=1S/C15H22BrClOS/c1-3-4-5-13(10-12(2)17)11-19(18)15-8-6-14(16)7-9-15/h6-9,12-13H,3-5,10-11H2,1-2H3. The van der Waals surface area contributed by atoms with Gasteiger partial charge in [0.05, 0.1) is 0 Å². The van der Waals surface area contributed by atoms with E-state index >= 15 is 0 Å². The van der Waals surface area contributed by atoms with Crippen LogP contribution in [0, 0.1) is 5.92 Å². The first-order valence-electron chi connectivity index (χ1n) is 6.81. The lowest BCUT2D eigenvalue weighted by molar-refractivity contribution is 0.464. The van der Waals surface area contributed by atoms with Gasteiger partial charge in [0.1, 0.15) is 5.75 Å². The summed E-state index contributed by atoms with van der Waals surface area (Å²) in [6.45, 7) is 4.20. The van der Waals surface area contributed by atoms with Crippen molar-refractivity contribution in [2.45, 2.75) is 49.8 Å². The molecular formula is C15H22BrClOS. The van der Waals surface area contributed by atoms with Gasteiger partial charge in [-0.3, -0.25) is 0 Å². The highest BCUT2D eigenvalue weighted by atomic mass is 79.9. The third kappa shape index (κ3) is 7.03. The van der Waals surface area contributed by atoms with E-state index < -0.39 is 11.2 Å². The van der Waals surface area contributed by atoms with Crippen LogP contribution in [0.5, 0.6) is 0 Å². The Morgan fingerprint density at radius 1 is 1.32 bits per heavy atom. The van der Waals surface area contributed by atoms with E-state index in [1.54, 1.807) is 0 Å². The first kappa shape index (κ1) is 17.4. The predicted molar refractivity (Wildman–Crippen MR) is 88.4 cm³/mol. The second-order valence-electron chi connectivity index (χ2n) is 4.99. The van der Waals surface area contributed by atoms with Gasteiger partial charge in [-0.05, 0) is 55.2 Å². The highest BCUT2D eigenvalue weighted by Gasteiger charge is 2.20. The smallest absolute Gasteiger partial charge is 0.152 e. The quantitative estimate of drug-likeness (QED) is 0.448. The Balaban J connectivity index is 2.58. The number of halogens is 2. The average Bonchev–Trinajstić information content (AvgIpc) is 2.36. The van der Waals surface area contributed by atoms with Gasteiger partial charge in [-0.25, -0.2) is 0 Å². The van der Waals surface area contributed by atoms with Gasteiger partial charge in [0.2, 0.25) is 0 Å². The minimum atomic E-state index is -0.921. The lowest BCUT2D eigenvalue weighted by Gasteiger charge is -2.20. The molecule has 0 aliphatic rings. The van der Waals surface area contributed by atoms with Gasteiger partial charge in [-0.15, -0.1) is 11.6 Å². The molecule has 0 amide bonds. The summed E-state index contributed by atoms with van der Waals surface area (Å²) in [7, 11) is 0. The van der Waals surface area contributed by atoms with Crippen molar-refractivity contribution in [2.24, 2.45) is 5.92 Å². The van der Waals surface area contributed by atoms with E-state index in [4.69, 9.17) is 11.6 Å². The Kier molecular flexibility index (Phi) is 8.47. The van der Waals surface area contributed by atoms with E-state index in [9.17, 15) is 4.55 Å². The molecule has 4 heteroatoms. The monoisotopic (exact) mass is 364 g/mol. The molecule has 1 aromatic rings. The second kappa shape index (κ2) is 9.28. The molecule has 1 nitrogen and oxygen atoms in total. The van der Waals surface area contributed by atoms with Crippen LogP contribution < -0.4 is 0 Å². The molecule has 3 unspecified atom stereocenters. The van der Waals surface area contributed by atoms with Gasteiger partial charge >= 0.3 is 0 Å². The van der Waals surface area contributed by atoms with E-state index in [1.807, 2.05) is 31.2 Å². The molecule has 0 spiro atoms. The molecule has 0 saturated heterocycles. The lowest BCUT2D eigenvalue weighted by Crippen LogP contribution is -2.19. The summed E-state index contributed by atoms with van der Waals surface area (Å²) in [5, 5.41) is 0.156. The summed E-state index contributed by atoms with van der Waals surface area (Å²) in [5.41, 5.74) is 0. The summed E-state index contributed by atoms with van der Waals surface area (Å²) in [4.78, 5) is 0.909. The number of unbranched alkanes of at least 4 members (excludes halogenated alkanes) is 1. The molecule has 1 aromatic carbocycles. The minimum absolute atomic E-state index is 0.156. The molecule has 0 aromatic heterocycles. The highest BCUT2D eigenvalue weighted by Crippen LogP contribution is 2.24. The number of hydrogen-bond acceptors (Lipinski definition) is 1. The van der Waals surface area contributed by atoms with Crippen LogP contribution in [0.25, 0.3) is 0 Å². The van der Waals surface area contributed by atoms with Crippen LogP contribution in [0.15, 0.2) is 33.6 Å². The first-order valence-corrected chi connectivity index (χ1v) is 9.35. The second-order valence-corrected chi connectivity index (χ2v) is 8.15. The summed E-state index contributed by atoms with van der Waals surface area (Å²) in [6, 6.07) is 7.75. The van der Waals surface area contributed by atoms with Crippen LogP contribution in [0.4, 0.5) is 0 Å². The van der Waals surface area contributed by atoms with Crippen LogP contribution in [0.1, 0.15) is 39.5 Å². The maximum absolute atomic E-state index is 12.4. The molecule has 0 aliphatic heterocycles. The Morgan fingerprint density at radius 2 is 1.95 bits per heavy atom. The molecule has 0 heterocycles. The van der Waals surface area contributed by atoms with E-state index in [1.165, 1.54) is 12.8 Å². The van der Waals surface area contributed by atoms with Gasteiger partial charge in [0, 0.05) is 15.8 Å². The normalized spacial score (nSPS) is 16.1. The van der Waals surface area contributed by atoms with E-state index in [0.29, 0.717) is 5.92 Å². The van der Waals surface area contributed by atoms with Crippen molar-refractivity contribution in [3.8, 4) is 0 Å². The van der Waals surface area contributed by atoms with Crippen LogP contribution in [-0.4, -0.2) is 15.7 Å². The zero-order valence-corrected chi connectivity index (χ0v) is 14.7. The fraction of sp³-hybridized carbons (Fsp3) is 0.600. The van der Waals surface area contributed by atoms with Crippen molar-refractivity contribution in [3.05, 3.63) is 28.7 Å². The van der Waals surface area contributed by atoms with Crippen LogP contribution in [0.3, 0.4) is 0 Å². The molecule has 108 valence electrons. The van der Waals surface area contributed by atoms with Crippen LogP contribution in [0.2, 0.25) is 0 Å². The number of hydrogen-bond donors (Lipinski definition) is 0. The van der Waals surface area contributed by atoms with Gasteiger partial charge in [0.25, 0.3) is 0 Å². The molecule has 0 saturated carbocycles. The predicted octanol–water partition coefficient (Wildman–Crippen LogP) is 5.38. The molecule has 3 atom stereocenters. The van der Waals surface area contributed by atoms with Gasteiger partial charge in [-0.2, -0.15) is 0 Å². The van der Waals surface area contributed by atoms with Gasteiger partial charge < -0.3 is 4.55 Å². The van der Waals surface area contributed by atoms with Crippen molar-refractivity contribution < 1.29 is 4.55 Å². The van der Waals surface area contributed by atoms with Crippen molar-refractivity contribution in [2.75, 3.05) is 5.75 Å². The van der Waals surface area contributed by atoms with Crippen molar-refractivity contribution in [3.63, 3.8) is 0 Å². The SMILES string of the molecule is CCCCC(CC(C)Cl)C[S+]([O-])c1ccc(Br)cc1. The molecular weight excluding hydrogens is 344 g/mol. The fourth-order valence-electron chi connectivity index (χ4n) is 2.12. The van der Waals surface area contributed by atoms with Crippen LogP contribution in [-0.2, 0) is 11.2 Å². The summed E-state index contributed by atoms with van der Waals surface area (Å²) in [5.74, 6) is 1.18. The Hall–Kier alpha value is 0.300. The zero-order valence-electron chi connectivity index (χ0n) is 11.6. The van der Waals surface area contributed by atoms with E-state index in [2.05, 4.69) is 22.9 Å². The summed E-state index contributed by atoms with van der Waals surface area (Å²) in [6.07, 6.45) is 4.43. The maximum atomic E-state index is 12.4. The average molecular weight is 366 g/mol. The molecule has 0 fully saturated rings. The zero-order chi connectivity index (χ0) is 14.3. The van der Waals surface area contributed by atoms with E-state index in [0.717, 1.165) is 28.0 Å². The third-order valence-corrected chi connectivity index (χ3v) is 5.37. The Labute approximate surface area is 133 Å². The van der Waals surface area contributed by atoms with Crippen LogP contribution >= 0.6 is 27.5 Å². The topological polar surface area (TPSA) is 23.1 Å². The molecule has 1 rings (SSSR count). The minimum Gasteiger partial charge on any atom is -0.611 e. The molecule has 0 N–H and O–H groups in total. The molecule has 0 radical (unpaired) electrons. The third-order valence-electron chi connectivity index (χ3n) is 3.09. The number of benzene rings is 1. The summed E-state index contributed by atoms with van der Waals surface area (Å²) < 4.78 is 13.4. The summed E-state index contributed by atoms with van der Waals surface area (Å²) >= 11 is 8.57. The van der Waals surface area contributed by atoms with E-state index in [-0.39, 0.29) is 5.38 Å². The van der Waals surface area contributed by atoms with Gasteiger partial charge in [-0.1, -0.05) is 35.7 Å². The number of rotatable bonds is 8. The maximum Gasteiger partial charge on any atom is 0.152 e.